The Morgan fingerprint density at radius 2 is 1.75 bits per heavy atom. The summed E-state index contributed by atoms with van der Waals surface area (Å²) >= 11 is 7.12. The fourth-order valence-corrected chi connectivity index (χ4v) is 2.53. The van der Waals surface area contributed by atoms with Crippen LogP contribution in [-0.2, 0) is 0 Å². The molecular weight excluding hydrogens is 383 g/mol. The molecule has 0 spiro atoms. The standard InChI is InChI=1S/C15H13IN2OS/c1-9-8-12(16)6-7-13(9)18-15(19)11-4-2-10(3-5-11)14(17)20/h2-8H,1H3,(H2,17,20)(H,18,19). The van der Waals surface area contributed by atoms with Gasteiger partial charge in [-0.1, -0.05) is 24.4 Å². The molecule has 0 aliphatic heterocycles. The van der Waals surface area contributed by atoms with Crippen LogP contribution in [0.5, 0.6) is 0 Å². The monoisotopic (exact) mass is 396 g/mol. The number of carbonyl (C=O) groups excluding carboxylic acids is 1. The average molecular weight is 396 g/mol. The predicted octanol–water partition coefficient (Wildman–Crippen LogP) is 3.49. The van der Waals surface area contributed by atoms with Gasteiger partial charge in [-0.25, -0.2) is 0 Å². The molecular formula is C15H13IN2OS. The molecule has 0 aliphatic carbocycles. The molecule has 2 aromatic rings. The maximum Gasteiger partial charge on any atom is 0.255 e. The summed E-state index contributed by atoms with van der Waals surface area (Å²) in [7, 11) is 0. The third kappa shape index (κ3) is 3.55. The lowest BCUT2D eigenvalue weighted by Crippen LogP contribution is -2.14. The number of anilines is 1. The fraction of sp³-hybridized carbons (Fsp3) is 0.0667. The lowest BCUT2D eigenvalue weighted by atomic mass is 10.1. The summed E-state index contributed by atoms with van der Waals surface area (Å²) in [5.41, 5.74) is 8.70. The van der Waals surface area contributed by atoms with E-state index < -0.39 is 0 Å². The van der Waals surface area contributed by atoms with Gasteiger partial charge in [-0.2, -0.15) is 0 Å². The molecule has 0 atom stereocenters. The second-order valence-corrected chi connectivity index (χ2v) is 6.04. The summed E-state index contributed by atoms with van der Waals surface area (Å²) in [5, 5.41) is 2.90. The topological polar surface area (TPSA) is 55.1 Å². The maximum atomic E-state index is 12.2. The van der Waals surface area contributed by atoms with Gasteiger partial charge in [0.1, 0.15) is 4.99 Å². The Labute approximate surface area is 136 Å². The highest BCUT2D eigenvalue weighted by molar-refractivity contribution is 14.1. The summed E-state index contributed by atoms with van der Waals surface area (Å²) < 4.78 is 1.14. The lowest BCUT2D eigenvalue weighted by molar-refractivity contribution is 0.102. The van der Waals surface area contributed by atoms with Gasteiger partial charge in [-0.15, -0.1) is 0 Å². The molecule has 3 N–H and O–H groups in total. The highest BCUT2D eigenvalue weighted by atomic mass is 127. The molecule has 1 amide bonds. The molecule has 0 unspecified atom stereocenters. The first-order valence-electron chi connectivity index (χ1n) is 5.95. The van der Waals surface area contributed by atoms with Crippen LogP contribution in [0.3, 0.4) is 0 Å². The number of nitrogens with two attached hydrogens (primary N) is 1. The van der Waals surface area contributed by atoms with Gasteiger partial charge in [-0.05, 0) is 65.4 Å². The SMILES string of the molecule is Cc1cc(I)ccc1NC(=O)c1ccc(C(N)=S)cc1. The van der Waals surface area contributed by atoms with Crippen molar-refractivity contribution in [3.63, 3.8) is 0 Å². The Kier molecular flexibility index (Phi) is 4.72. The van der Waals surface area contributed by atoms with Crippen LogP contribution in [-0.4, -0.2) is 10.9 Å². The number of amides is 1. The van der Waals surface area contributed by atoms with Crippen LogP contribution in [0.1, 0.15) is 21.5 Å². The number of aryl methyl sites for hydroxylation is 1. The number of rotatable bonds is 3. The molecule has 5 heteroatoms. The van der Waals surface area contributed by atoms with Crippen molar-refractivity contribution >= 4 is 51.4 Å². The van der Waals surface area contributed by atoms with Crippen LogP contribution in [0.2, 0.25) is 0 Å². The maximum absolute atomic E-state index is 12.2. The molecule has 0 aromatic heterocycles. The summed E-state index contributed by atoms with van der Waals surface area (Å²) in [4.78, 5) is 12.5. The van der Waals surface area contributed by atoms with Crippen LogP contribution in [0.25, 0.3) is 0 Å². The molecule has 3 nitrogen and oxygen atoms in total. The number of carbonyl (C=O) groups is 1. The molecule has 2 rings (SSSR count). The van der Waals surface area contributed by atoms with Crippen molar-refractivity contribution in [3.8, 4) is 0 Å². The van der Waals surface area contributed by atoms with Crippen LogP contribution in [0, 0.1) is 10.5 Å². The molecule has 0 fully saturated rings. The molecule has 2 aromatic carbocycles. The Balaban J connectivity index is 2.17. The lowest BCUT2D eigenvalue weighted by Gasteiger charge is -2.09. The van der Waals surface area contributed by atoms with Gasteiger partial charge in [0.25, 0.3) is 5.91 Å². The van der Waals surface area contributed by atoms with Gasteiger partial charge in [0.2, 0.25) is 0 Å². The van der Waals surface area contributed by atoms with E-state index in [0.29, 0.717) is 10.6 Å². The Hall–Kier alpha value is -1.47. The Bertz CT molecular complexity index is 668. The zero-order chi connectivity index (χ0) is 14.7. The zero-order valence-electron chi connectivity index (χ0n) is 10.8. The molecule has 0 aliphatic rings. The van der Waals surface area contributed by atoms with Crippen LogP contribution < -0.4 is 11.1 Å². The third-order valence-corrected chi connectivity index (χ3v) is 3.77. The average Bonchev–Trinajstić information content (AvgIpc) is 2.42. The Morgan fingerprint density at radius 1 is 1.15 bits per heavy atom. The van der Waals surface area contributed by atoms with Crippen molar-refractivity contribution in [2.75, 3.05) is 5.32 Å². The van der Waals surface area contributed by atoms with E-state index in [2.05, 4.69) is 27.9 Å². The number of hydrogen-bond acceptors (Lipinski definition) is 2. The zero-order valence-corrected chi connectivity index (χ0v) is 13.8. The van der Waals surface area contributed by atoms with Crippen molar-refractivity contribution in [2.45, 2.75) is 6.92 Å². The minimum absolute atomic E-state index is 0.149. The summed E-state index contributed by atoms with van der Waals surface area (Å²) in [6.45, 7) is 1.97. The third-order valence-electron chi connectivity index (χ3n) is 2.87. The predicted molar refractivity (Wildman–Crippen MR) is 94.2 cm³/mol. The number of halogens is 1. The molecule has 0 heterocycles. The van der Waals surface area contributed by atoms with E-state index in [1.165, 1.54) is 0 Å². The first kappa shape index (κ1) is 14.9. The first-order valence-corrected chi connectivity index (χ1v) is 7.43. The molecule has 0 saturated carbocycles. The largest absolute Gasteiger partial charge is 0.389 e. The van der Waals surface area contributed by atoms with Crippen molar-refractivity contribution in [1.82, 2.24) is 0 Å². The molecule has 0 bridgehead atoms. The van der Waals surface area contributed by atoms with E-state index in [1.54, 1.807) is 24.3 Å². The quantitative estimate of drug-likeness (QED) is 0.617. The van der Waals surface area contributed by atoms with Crippen molar-refractivity contribution in [3.05, 3.63) is 62.7 Å². The molecule has 102 valence electrons. The van der Waals surface area contributed by atoms with Gasteiger partial charge in [-0.3, -0.25) is 4.79 Å². The molecule has 20 heavy (non-hydrogen) atoms. The van der Waals surface area contributed by atoms with E-state index in [-0.39, 0.29) is 5.91 Å². The first-order chi connectivity index (χ1) is 9.47. The summed E-state index contributed by atoms with van der Waals surface area (Å²) in [6.07, 6.45) is 0. The van der Waals surface area contributed by atoms with E-state index in [4.69, 9.17) is 18.0 Å². The Morgan fingerprint density at radius 3 is 2.30 bits per heavy atom. The van der Waals surface area contributed by atoms with Crippen LogP contribution in [0.15, 0.2) is 42.5 Å². The minimum atomic E-state index is -0.149. The van der Waals surface area contributed by atoms with Crippen LogP contribution >= 0.6 is 34.8 Å². The number of thiocarbonyl (C=S) groups is 1. The van der Waals surface area contributed by atoms with E-state index >= 15 is 0 Å². The second kappa shape index (κ2) is 6.32. The van der Waals surface area contributed by atoms with Gasteiger partial charge in [0.05, 0.1) is 0 Å². The summed E-state index contributed by atoms with van der Waals surface area (Å²) in [5.74, 6) is -0.149. The minimum Gasteiger partial charge on any atom is -0.389 e. The van der Waals surface area contributed by atoms with Gasteiger partial charge in [0, 0.05) is 20.4 Å². The van der Waals surface area contributed by atoms with E-state index in [9.17, 15) is 4.79 Å². The van der Waals surface area contributed by atoms with Gasteiger partial charge in [0.15, 0.2) is 0 Å². The van der Waals surface area contributed by atoms with Crippen molar-refractivity contribution < 1.29 is 4.79 Å². The number of benzene rings is 2. The van der Waals surface area contributed by atoms with Crippen LogP contribution in [0.4, 0.5) is 5.69 Å². The molecule has 0 saturated heterocycles. The molecule has 0 radical (unpaired) electrons. The smallest absolute Gasteiger partial charge is 0.255 e. The second-order valence-electron chi connectivity index (χ2n) is 4.35. The van der Waals surface area contributed by atoms with Gasteiger partial charge < -0.3 is 11.1 Å². The fourth-order valence-electron chi connectivity index (χ4n) is 1.75. The number of hydrogen-bond donors (Lipinski definition) is 2. The highest BCUT2D eigenvalue weighted by Crippen LogP contribution is 2.18. The number of nitrogens with one attached hydrogen (secondary N) is 1. The highest BCUT2D eigenvalue weighted by Gasteiger charge is 2.08. The van der Waals surface area contributed by atoms with Gasteiger partial charge >= 0.3 is 0 Å². The van der Waals surface area contributed by atoms with Crippen molar-refractivity contribution in [2.24, 2.45) is 5.73 Å². The normalized spacial score (nSPS) is 10.1. The summed E-state index contributed by atoms with van der Waals surface area (Å²) in [6, 6.07) is 12.8. The van der Waals surface area contributed by atoms with E-state index in [1.807, 2.05) is 25.1 Å². The van der Waals surface area contributed by atoms with E-state index in [0.717, 1.165) is 20.4 Å². The van der Waals surface area contributed by atoms with Crippen molar-refractivity contribution in [1.29, 1.82) is 0 Å².